The smallest absolute Gasteiger partial charge is 0.306 e. The molecule has 0 rings (SSSR count). The predicted molar refractivity (Wildman–Crippen MR) is 135 cm³/mol. The lowest BCUT2D eigenvalue weighted by atomic mass is 10.0. The summed E-state index contributed by atoms with van der Waals surface area (Å²) in [5.74, 6) is -0.327. The summed E-state index contributed by atoms with van der Waals surface area (Å²) >= 11 is 0. The van der Waals surface area contributed by atoms with E-state index in [0.29, 0.717) is 6.42 Å². The maximum atomic E-state index is 12.2. The molecule has 0 aromatic carbocycles. The Hall–Kier alpha value is -1.06. The number of hydrogen-bond acceptors (Lipinski definition) is 4. The Balaban J connectivity index is 3.91. The normalized spacial score (nSPS) is 13.0. The van der Waals surface area contributed by atoms with Crippen LogP contribution in [0.1, 0.15) is 156 Å². The maximum absolute atomic E-state index is 12.2. The van der Waals surface area contributed by atoms with E-state index in [4.69, 9.17) is 9.47 Å². The van der Waals surface area contributed by atoms with E-state index in [1.165, 1.54) is 84.0 Å². The standard InChI is InChI=1S/C28H54O4/c1-5-8-10-11-12-13-14-15-16-17-19-22-27(31-25(4)29)23-20-24-28(30)32-26(7-3)21-18-9-6-2/h26-27H,5-24H2,1-4H3. The summed E-state index contributed by atoms with van der Waals surface area (Å²) in [5.41, 5.74) is 0. The Labute approximate surface area is 199 Å². The van der Waals surface area contributed by atoms with Crippen molar-refractivity contribution in [1.29, 1.82) is 0 Å². The first-order valence-electron chi connectivity index (χ1n) is 13.9. The monoisotopic (exact) mass is 454 g/mol. The predicted octanol–water partition coefficient (Wildman–Crippen LogP) is 8.69. The van der Waals surface area contributed by atoms with Crippen molar-refractivity contribution >= 4 is 11.9 Å². The van der Waals surface area contributed by atoms with Crippen LogP contribution >= 0.6 is 0 Å². The summed E-state index contributed by atoms with van der Waals surface area (Å²) < 4.78 is 11.1. The molecule has 0 saturated heterocycles. The first kappa shape index (κ1) is 30.9. The van der Waals surface area contributed by atoms with Crippen molar-refractivity contribution in [3.05, 3.63) is 0 Å². The van der Waals surface area contributed by atoms with Crippen LogP contribution < -0.4 is 0 Å². The minimum Gasteiger partial charge on any atom is -0.463 e. The van der Waals surface area contributed by atoms with Gasteiger partial charge in [0.15, 0.2) is 0 Å². The molecule has 0 aliphatic heterocycles. The van der Waals surface area contributed by atoms with Crippen molar-refractivity contribution in [2.75, 3.05) is 0 Å². The molecule has 190 valence electrons. The van der Waals surface area contributed by atoms with Gasteiger partial charge in [0.1, 0.15) is 12.2 Å². The first-order chi connectivity index (χ1) is 15.5. The fraction of sp³-hybridized carbons (Fsp3) is 0.929. The highest BCUT2D eigenvalue weighted by Crippen LogP contribution is 2.17. The lowest BCUT2D eigenvalue weighted by molar-refractivity contribution is -0.150. The molecule has 0 heterocycles. The summed E-state index contributed by atoms with van der Waals surface area (Å²) in [6.45, 7) is 8.00. The molecule has 0 aromatic heterocycles. The molecule has 4 nitrogen and oxygen atoms in total. The lowest BCUT2D eigenvalue weighted by Crippen LogP contribution is -2.19. The Morgan fingerprint density at radius 2 is 1.00 bits per heavy atom. The van der Waals surface area contributed by atoms with Gasteiger partial charge in [0.2, 0.25) is 0 Å². The van der Waals surface area contributed by atoms with Gasteiger partial charge in [-0.2, -0.15) is 0 Å². The molecule has 0 amide bonds. The minimum atomic E-state index is -0.220. The lowest BCUT2D eigenvalue weighted by Gasteiger charge is -2.18. The van der Waals surface area contributed by atoms with E-state index >= 15 is 0 Å². The van der Waals surface area contributed by atoms with E-state index in [2.05, 4.69) is 20.8 Å². The second-order valence-corrected chi connectivity index (χ2v) is 9.46. The number of hydrogen-bond donors (Lipinski definition) is 0. The zero-order valence-electron chi connectivity index (χ0n) is 21.9. The summed E-state index contributed by atoms with van der Waals surface area (Å²) in [6, 6.07) is 0. The second-order valence-electron chi connectivity index (χ2n) is 9.46. The van der Waals surface area contributed by atoms with Gasteiger partial charge in [-0.25, -0.2) is 0 Å². The highest BCUT2D eigenvalue weighted by molar-refractivity contribution is 5.69. The summed E-state index contributed by atoms with van der Waals surface area (Å²) in [5, 5.41) is 0. The highest BCUT2D eigenvalue weighted by Gasteiger charge is 2.15. The molecule has 0 aliphatic rings. The SMILES string of the molecule is CCCCCCCCCCCCCC(CCCC(=O)OC(CC)CCCCC)OC(C)=O. The fourth-order valence-electron chi connectivity index (χ4n) is 4.22. The summed E-state index contributed by atoms with van der Waals surface area (Å²) in [4.78, 5) is 23.6. The van der Waals surface area contributed by atoms with Gasteiger partial charge in [0, 0.05) is 13.3 Å². The highest BCUT2D eigenvalue weighted by atomic mass is 16.5. The van der Waals surface area contributed by atoms with E-state index in [1.54, 1.807) is 0 Å². The second kappa shape index (κ2) is 23.1. The molecular formula is C28H54O4. The Bertz CT molecular complexity index is 435. The van der Waals surface area contributed by atoms with Crippen molar-refractivity contribution in [1.82, 2.24) is 0 Å². The van der Waals surface area contributed by atoms with E-state index in [0.717, 1.165) is 44.9 Å². The molecule has 2 unspecified atom stereocenters. The van der Waals surface area contributed by atoms with Gasteiger partial charge in [0.05, 0.1) is 0 Å². The topological polar surface area (TPSA) is 52.6 Å². The molecule has 0 saturated carbocycles. The number of esters is 2. The Kier molecular flexibility index (Phi) is 22.3. The number of unbranched alkanes of at least 4 members (excludes halogenated alkanes) is 12. The first-order valence-corrected chi connectivity index (χ1v) is 13.9. The van der Waals surface area contributed by atoms with Gasteiger partial charge in [-0.15, -0.1) is 0 Å². The molecule has 0 radical (unpaired) electrons. The van der Waals surface area contributed by atoms with Crippen LogP contribution in [0.5, 0.6) is 0 Å². The van der Waals surface area contributed by atoms with Crippen molar-refractivity contribution < 1.29 is 19.1 Å². The average molecular weight is 455 g/mol. The van der Waals surface area contributed by atoms with Crippen LogP contribution in [0.3, 0.4) is 0 Å². The Morgan fingerprint density at radius 1 is 0.562 bits per heavy atom. The molecule has 32 heavy (non-hydrogen) atoms. The van der Waals surface area contributed by atoms with Gasteiger partial charge in [0.25, 0.3) is 0 Å². The van der Waals surface area contributed by atoms with Gasteiger partial charge in [-0.3, -0.25) is 9.59 Å². The van der Waals surface area contributed by atoms with Crippen LogP contribution in [0.4, 0.5) is 0 Å². The maximum Gasteiger partial charge on any atom is 0.306 e. The molecule has 0 N–H and O–H groups in total. The van der Waals surface area contributed by atoms with Crippen molar-refractivity contribution in [3.63, 3.8) is 0 Å². The van der Waals surface area contributed by atoms with E-state index in [9.17, 15) is 9.59 Å². The molecule has 2 atom stereocenters. The number of carbonyl (C=O) groups excluding carboxylic acids is 2. The number of ether oxygens (including phenoxy) is 2. The number of rotatable bonds is 23. The van der Waals surface area contributed by atoms with Gasteiger partial charge >= 0.3 is 11.9 Å². The quantitative estimate of drug-likeness (QED) is 0.114. The summed E-state index contributed by atoms with van der Waals surface area (Å²) in [6.07, 6.45) is 22.6. The van der Waals surface area contributed by atoms with Crippen LogP contribution in [0, 0.1) is 0 Å². The number of carbonyl (C=O) groups is 2. The van der Waals surface area contributed by atoms with Crippen LogP contribution in [-0.4, -0.2) is 24.1 Å². The van der Waals surface area contributed by atoms with Gasteiger partial charge < -0.3 is 9.47 Å². The van der Waals surface area contributed by atoms with Crippen LogP contribution in [0.2, 0.25) is 0 Å². The van der Waals surface area contributed by atoms with Crippen molar-refractivity contribution in [3.8, 4) is 0 Å². The van der Waals surface area contributed by atoms with E-state index < -0.39 is 0 Å². The van der Waals surface area contributed by atoms with Crippen LogP contribution in [-0.2, 0) is 19.1 Å². The van der Waals surface area contributed by atoms with E-state index in [-0.39, 0.29) is 24.1 Å². The van der Waals surface area contributed by atoms with Crippen molar-refractivity contribution in [2.24, 2.45) is 0 Å². The molecule has 0 fully saturated rings. The minimum absolute atomic E-state index is 0.0506. The zero-order chi connectivity index (χ0) is 23.9. The largest absolute Gasteiger partial charge is 0.463 e. The van der Waals surface area contributed by atoms with Crippen LogP contribution in [0.15, 0.2) is 0 Å². The fourth-order valence-corrected chi connectivity index (χ4v) is 4.22. The van der Waals surface area contributed by atoms with Gasteiger partial charge in [-0.1, -0.05) is 97.8 Å². The third-order valence-corrected chi connectivity index (χ3v) is 6.25. The molecule has 0 spiro atoms. The van der Waals surface area contributed by atoms with E-state index in [1.807, 2.05) is 0 Å². The third kappa shape index (κ3) is 20.8. The average Bonchev–Trinajstić information content (AvgIpc) is 2.76. The van der Waals surface area contributed by atoms with Crippen molar-refractivity contribution in [2.45, 2.75) is 168 Å². The zero-order valence-corrected chi connectivity index (χ0v) is 21.9. The molecule has 0 aliphatic carbocycles. The molecule has 0 bridgehead atoms. The molecule has 4 heteroatoms. The molecular weight excluding hydrogens is 400 g/mol. The Morgan fingerprint density at radius 3 is 1.53 bits per heavy atom. The van der Waals surface area contributed by atoms with Gasteiger partial charge in [-0.05, 0) is 44.9 Å². The summed E-state index contributed by atoms with van der Waals surface area (Å²) in [7, 11) is 0. The van der Waals surface area contributed by atoms with Crippen LogP contribution in [0.25, 0.3) is 0 Å². The molecule has 0 aromatic rings. The third-order valence-electron chi connectivity index (χ3n) is 6.25.